The van der Waals surface area contributed by atoms with Crippen LogP contribution in [0.1, 0.15) is 200 Å². The number of esters is 2. The number of carbonyl (C=O) groups excluding carboxylic acids is 3. The molecule has 2 unspecified atom stereocenters. The molecule has 0 rings (SSSR count). The van der Waals surface area contributed by atoms with Crippen LogP contribution in [0.3, 0.4) is 0 Å². The first kappa shape index (κ1) is 55.3. The minimum Gasteiger partial charge on any atom is -0.544 e. The number of carboxylic acids is 1. The Morgan fingerprint density at radius 2 is 0.966 bits per heavy atom. The molecule has 2 atom stereocenters. The molecule has 0 spiro atoms. The predicted octanol–water partition coefficient (Wildman–Crippen LogP) is 11.9. The second kappa shape index (κ2) is 41.0. The van der Waals surface area contributed by atoms with E-state index in [0.717, 1.165) is 64.2 Å². The van der Waals surface area contributed by atoms with Gasteiger partial charge in [0.25, 0.3) is 0 Å². The van der Waals surface area contributed by atoms with E-state index in [0.29, 0.717) is 12.8 Å². The summed E-state index contributed by atoms with van der Waals surface area (Å²) in [5, 5.41) is 11.6. The van der Waals surface area contributed by atoms with E-state index >= 15 is 0 Å². The van der Waals surface area contributed by atoms with E-state index in [1.165, 1.54) is 103 Å². The number of rotatable bonds is 42. The molecule has 8 heteroatoms. The Morgan fingerprint density at radius 1 is 0.534 bits per heavy atom. The molecule has 0 amide bonds. The van der Waals surface area contributed by atoms with E-state index in [4.69, 9.17) is 14.2 Å². The van der Waals surface area contributed by atoms with E-state index in [9.17, 15) is 19.5 Å². The fourth-order valence-corrected chi connectivity index (χ4v) is 6.79. The molecule has 0 aromatic heterocycles. The highest BCUT2D eigenvalue weighted by molar-refractivity contribution is 5.70. The van der Waals surface area contributed by atoms with E-state index in [1.54, 1.807) is 21.1 Å². The maximum atomic E-state index is 12.7. The summed E-state index contributed by atoms with van der Waals surface area (Å²) in [6, 6.07) is -0.727. The Hall–Kier alpha value is -2.71. The zero-order chi connectivity index (χ0) is 42.8. The lowest BCUT2D eigenvalue weighted by atomic mass is 10.1. The first-order valence-corrected chi connectivity index (χ1v) is 23.7. The first-order valence-electron chi connectivity index (χ1n) is 23.7. The highest BCUT2D eigenvalue weighted by atomic mass is 16.6. The zero-order valence-electron chi connectivity index (χ0n) is 38.2. The second-order valence-electron chi connectivity index (χ2n) is 17.0. The summed E-state index contributed by atoms with van der Waals surface area (Å²) in [7, 11) is 5.41. The molecule has 0 N–H and O–H groups in total. The van der Waals surface area contributed by atoms with Crippen molar-refractivity contribution in [1.82, 2.24) is 0 Å². The maximum Gasteiger partial charge on any atom is 0.306 e. The van der Waals surface area contributed by atoms with Crippen LogP contribution in [0.2, 0.25) is 0 Å². The average Bonchev–Trinajstić information content (AvgIpc) is 3.18. The van der Waals surface area contributed by atoms with E-state index < -0.39 is 18.1 Å². The van der Waals surface area contributed by atoms with Gasteiger partial charge in [0.2, 0.25) is 0 Å². The van der Waals surface area contributed by atoms with Crippen molar-refractivity contribution in [2.24, 2.45) is 0 Å². The number of allylic oxidation sites excluding steroid dienone is 8. The van der Waals surface area contributed by atoms with Gasteiger partial charge in [-0.25, -0.2) is 0 Å². The fourth-order valence-electron chi connectivity index (χ4n) is 6.79. The van der Waals surface area contributed by atoms with Crippen LogP contribution in [0.25, 0.3) is 0 Å². The number of hydrogen-bond donors (Lipinski definition) is 0. The van der Waals surface area contributed by atoms with Gasteiger partial charge in [0.15, 0.2) is 6.10 Å². The van der Waals surface area contributed by atoms with Gasteiger partial charge in [-0.2, -0.15) is 0 Å². The van der Waals surface area contributed by atoms with Crippen LogP contribution in [-0.2, 0) is 28.6 Å². The standard InChI is InChI=1S/C50H89NO7/c1-6-8-10-12-14-16-18-20-22-23-24-25-27-28-30-32-34-36-38-40-48(52)57-45-46(44-56-43-42-47(50(54)55)51(3,4)5)58-49(53)41-39-37-35-33-31-29-26-21-19-17-15-13-11-9-7-2/h8,10,14,16-17,19-20,22,46-47H,6-7,9,11-13,15,18,21,23-45H2,1-5H3/b10-8+,16-14+,19-17+,22-20+. The van der Waals surface area contributed by atoms with Gasteiger partial charge >= 0.3 is 11.9 Å². The quantitative estimate of drug-likeness (QED) is 0.0262. The summed E-state index contributed by atoms with van der Waals surface area (Å²) < 4.78 is 17.2. The van der Waals surface area contributed by atoms with Crippen LogP contribution in [0, 0.1) is 0 Å². The third kappa shape index (κ3) is 38.8. The van der Waals surface area contributed by atoms with Crippen molar-refractivity contribution in [3.63, 3.8) is 0 Å². The molecular weight excluding hydrogens is 727 g/mol. The van der Waals surface area contributed by atoms with Gasteiger partial charge in [-0.3, -0.25) is 9.59 Å². The summed E-state index contributed by atoms with van der Waals surface area (Å²) in [4.78, 5) is 36.9. The van der Waals surface area contributed by atoms with Crippen molar-refractivity contribution in [3.8, 4) is 0 Å². The molecule has 336 valence electrons. The number of ether oxygens (including phenoxy) is 3. The minimum atomic E-state index is -1.13. The lowest BCUT2D eigenvalue weighted by molar-refractivity contribution is -0.889. The van der Waals surface area contributed by atoms with Gasteiger partial charge in [0.05, 0.1) is 40.3 Å². The molecule has 0 aromatic rings. The van der Waals surface area contributed by atoms with E-state index in [-0.39, 0.29) is 42.7 Å². The number of unbranched alkanes of at least 4 members (excludes halogenated alkanes) is 20. The molecule has 0 aliphatic rings. The summed E-state index contributed by atoms with van der Waals surface area (Å²) in [6.45, 7) is 4.54. The lowest BCUT2D eigenvalue weighted by Gasteiger charge is -2.34. The van der Waals surface area contributed by atoms with Crippen molar-refractivity contribution >= 4 is 17.9 Å². The van der Waals surface area contributed by atoms with Crippen molar-refractivity contribution in [2.45, 2.75) is 212 Å². The van der Waals surface area contributed by atoms with Gasteiger partial charge in [0.1, 0.15) is 12.6 Å². The Kier molecular flexibility index (Phi) is 39.1. The van der Waals surface area contributed by atoms with Crippen LogP contribution in [0.15, 0.2) is 48.6 Å². The lowest BCUT2D eigenvalue weighted by Crippen LogP contribution is -2.55. The molecule has 0 bridgehead atoms. The number of nitrogens with zero attached hydrogens (tertiary/aromatic N) is 1. The molecular formula is C50H89NO7. The Bertz CT molecular complexity index is 1090. The summed E-state index contributed by atoms with van der Waals surface area (Å²) >= 11 is 0. The maximum absolute atomic E-state index is 12.7. The summed E-state index contributed by atoms with van der Waals surface area (Å²) in [6.07, 6.45) is 48.4. The largest absolute Gasteiger partial charge is 0.544 e. The molecule has 58 heavy (non-hydrogen) atoms. The Morgan fingerprint density at radius 3 is 1.45 bits per heavy atom. The summed E-state index contributed by atoms with van der Waals surface area (Å²) in [5.41, 5.74) is 0. The molecule has 0 radical (unpaired) electrons. The van der Waals surface area contributed by atoms with Crippen molar-refractivity contribution < 1.29 is 38.2 Å². The van der Waals surface area contributed by atoms with Crippen LogP contribution in [0.4, 0.5) is 0 Å². The number of hydrogen-bond acceptors (Lipinski definition) is 7. The van der Waals surface area contributed by atoms with E-state index in [2.05, 4.69) is 62.5 Å². The van der Waals surface area contributed by atoms with Crippen LogP contribution >= 0.6 is 0 Å². The second-order valence-corrected chi connectivity index (χ2v) is 17.0. The zero-order valence-corrected chi connectivity index (χ0v) is 38.2. The van der Waals surface area contributed by atoms with Gasteiger partial charge < -0.3 is 28.6 Å². The summed E-state index contributed by atoms with van der Waals surface area (Å²) in [5.74, 6) is -1.74. The molecule has 0 saturated heterocycles. The molecule has 0 heterocycles. The van der Waals surface area contributed by atoms with Gasteiger partial charge in [-0.1, -0.05) is 159 Å². The molecule has 0 saturated carbocycles. The van der Waals surface area contributed by atoms with Crippen molar-refractivity contribution in [3.05, 3.63) is 48.6 Å². The third-order valence-corrected chi connectivity index (χ3v) is 10.4. The molecule has 8 nitrogen and oxygen atoms in total. The minimum absolute atomic E-state index is 0.0374. The van der Waals surface area contributed by atoms with Crippen molar-refractivity contribution in [1.29, 1.82) is 0 Å². The molecule has 0 fully saturated rings. The third-order valence-electron chi connectivity index (χ3n) is 10.4. The molecule has 0 aliphatic heterocycles. The Balaban J connectivity index is 4.29. The average molecular weight is 816 g/mol. The van der Waals surface area contributed by atoms with E-state index in [1.807, 2.05) is 0 Å². The van der Waals surface area contributed by atoms with Gasteiger partial charge in [-0.15, -0.1) is 0 Å². The number of aliphatic carboxylic acids is 1. The Labute approximate surface area is 356 Å². The highest BCUT2D eigenvalue weighted by Gasteiger charge is 2.25. The number of carbonyl (C=O) groups is 3. The highest BCUT2D eigenvalue weighted by Crippen LogP contribution is 2.14. The van der Waals surface area contributed by atoms with Crippen LogP contribution < -0.4 is 5.11 Å². The predicted molar refractivity (Wildman–Crippen MR) is 240 cm³/mol. The molecule has 0 aromatic carbocycles. The monoisotopic (exact) mass is 816 g/mol. The van der Waals surface area contributed by atoms with Crippen LogP contribution in [0.5, 0.6) is 0 Å². The normalized spacial score (nSPS) is 13.3. The van der Waals surface area contributed by atoms with Crippen molar-refractivity contribution in [2.75, 3.05) is 41.0 Å². The number of likely N-dealkylation sites (N-methyl/N-ethyl adjacent to an activating group) is 1. The first-order chi connectivity index (χ1) is 28.1. The topological polar surface area (TPSA) is 102 Å². The smallest absolute Gasteiger partial charge is 0.306 e. The van der Waals surface area contributed by atoms with Gasteiger partial charge in [0, 0.05) is 19.3 Å². The number of carboxylic acid groups (broad SMARTS) is 1. The molecule has 0 aliphatic carbocycles. The number of quaternary nitrogens is 1. The van der Waals surface area contributed by atoms with Crippen LogP contribution in [-0.4, -0.2) is 75.5 Å². The SMILES string of the molecule is CC/C=C/C/C=C/C/C=C/CCCCCCCCCCCC(=O)OCC(COCCC(C(=O)[O-])[N+](C)(C)C)OC(=O)CCCCCCCCC/C=C/CCCCCC. The van der Waals surface area contributed by atoms with Gasteiger partial charge in [-0.05, 0) is 70.6 Å². The fraction of sp³-hybridized carbons (Fsp3) is 0.780.